The predicted molar refractivity (Wildman–Crippen MR) is 102 cm³/mol. The molecule has 0 saturated heterocycles. The third kappa shape index (κ3) is 6.44. The van der Waals surface area contributed by atoms with Gasteiger partial charge >= 0.3 is 5.97 Å². The lowest BCUT2D eigenvalue weighted by molar-refractivity contribution is -0.137. The van der Waals surface area contributed by atoms with Gasteiger partial charge < -0.3 is 15.2 Å². The minimum atomic E-state index is -0.758. The molecule has 1 atom stereocenters. The zero-order valence-corrected chi connectivity index (χ0v) is 15.5. The van der Waals surface area contributed by atoms with Gasteiger partial charge in [-0.05, 0) is 42.4 Å². The molecule has 0 fully saturated rings. The Hall–Kier alpha value is -1.98. The van der Waals surface area contributed by atoms with Gasteiger partial charge in [0.1, 0.15) is 5.75 Å². The van der Waals surface area contributed by atoms with Crippen LogP contribution >= 0.6 is 11.8 Å². The second-order valence-corrected chi connectivity index (χ2v) is 6.74. The topological polar surface area (TPSA) is 58.6 Å². The van der Waals surface area contributed by atoms with Gasteiger partial charge in [-0.3, -0.25) is 4.79 Å². The van der Waals surface area contributed by atoms with E-state index in [2.05, 4.69) is 29.6 Å². The lowest BCUT2D eigenvalue weighted by Gasteiger charge is -2.19. The van der Waals surface area contributed by atoms with Crippen LogP contribution in [0.1, 0.15) is 24.0 Å². The first-order valence-electron chi connectivity index (χ1n) is 8.32. The number of nitrogens with one attached hydrogen (secondary N) is 1. The molecule has 0 aliphatic carbocycles. The van der Waals surface area contributed by atoms with Crippen LogP contribution in [0.15, 0.2) is 53.4 Å². The highest BCUT2D eigenvalue weighted by molar-refractivity contribution is 7.98. The molecule has 2 rings (SSSR count). The third-order valence-electron chi connectivity index (χ3n) is 4.07. The minimum Gasteiger partial charge on any atom is -0.496 e. The van der Waals surface area contributed by atoms with Gasteiger partial charge in [0.15, 0.2) is 0 Å². The van der Waals surface area contributed by atoms with Gasteiger partial charge in [0.25, 0.3) is 0 Å². The lowest BCUT2D eigenvalue weighted by atomic mass is 10.0. The summed E-state index contributed by atoms with van der Waals surface area (Å²) in [4.78, 5) is 12.0. The van der Waals surface area contributed by atoms with E-state index in [9.17, 15) is 4.79 Å². The van der Waals surface area contributed by atoms with Crippen molar-refractivity contribution in [3.8, 4) is 5.75 Å². The molecule has 0 radical (unpaired) electrons. The number of benzene rings is 2. The maximum absolute atomic E-state index is 10.9. The lowest BCUT2D eigenvalue weighted by Crippen LogP contribution is -2.31. The molecule has 2 aromatic rings. The maximum atomic E-state index is 10.9. The molecular weight excluding hydrogens is 334 g/mol. The van der Waals surface area contributed by atoms with Crippen molar-refractivity contribution in [2.75, 3.05) is 13.4 Å². The largest absolute Gasteiger partial charge is 0.496 e. The van der Waals surface area contributed by atoms with Crippen molar-refractivity contribution < 1.29 is 14.6 Å². The molecule has 0 saturated carbocycles. The highest BCUT2D eigenvalue weighted by atomic mass is 32.2. The number of aliphatic carboxylic acids is 1. The Bertz CT molecular complexity index is 676. The van der Waals surface area contributed by atoms with E-state index in [-0.39, 0.29) is 12.5 Å². The highest BCUT2D eigenvalue weighted by Crippen LogP contribution is 2.28. The van der Waals surface area contributed by atoms with Crippen LogP contribution in [0.25, 0.3) is 0 Å². The van der Waals surface area contributed by atoms with Crippen LogP contribution in [0.3, 0.4) is 0 Å². The molecule has 0 amide bonds. The van der Waals surface area contributed by atoms with Crippen molar-refractivity contribution in [3.05, 3.63) is 59.7 Å². The molecule has 2 N–H and O–H groups in total. The van der Waals surface area contributed by atoms with E-state index in [1.807, 2.05) is 30.5 Å². The zero-order chi connectivity index (χ0) is 18.1. The summed E-state index contributed by atoms with van der Waals surface area (Å²) < 4.78 is 5.43. The summed E-state index contributed by atoms with van der Waals surface area (Å²) in [5.41, 5.74) is 2.34. The van der Waals surface area contributed by atoms with Crippen molar-refractivity contribution >= 4 is 17.7 Å². The van der Waals surface area contributed by atoms with E-state index in [0.717, 1.165) is 22.6 Å². The average Bonchev–Trinajstić information content (AvgIpc) is 2.64. The number of ether oxygens (including phenoxy) is 1. The van der Waals surface area contributed by atoms with Gasteiger partial charge in [-0.1, -0.05) is 36.4 Å². The van der Waals surface area contributed by atoms with Crippen LogP contribution in [0.4, 0.5) is 0 Å². The van der Waals surface area contributed by atoms with E-state index < -0.39 is 5.97 Å². The number of thioether (sulfide) groups is 1. The molecular formula is C20H25NO3S. The Morgan fingerprint density at radius 2 is 1.96 bits per heavy atom. The summed E-state index contributed by atoms with van der Waals surface area (Å²) in [6.07, 6.45) is 3.61. The van der Waals surface area contributed by atoms with Crippen LogP contribution in [-0.2, 0) is 17.8 Å². The van der Waals surface area contributed by atoms with Crippen molar-refractivity contribution in [3.63, 3.8) is 0 Å². The highest BCUT2D eigenvalue weighted by Gasteiger charge is 2.12. The van der Waals surface area contributed by atoms with Gasteiger partial charge in [-0.15, -0.1) is 11.8 Å². The molecule has 134 valence electrons. The number of rotatable bonds is 10. The number of carboxylic acids is 1. The van der Waals surface area contributed by atoms with Crippen molar-refractivity contribution in [1.82, 2.24) is 5.32 Å². The van der Waals surface area contributed by atoms with E-state index in [1.54, 1.807) is 18.9 Å². The molecule has 0 bridgehead atoms. The Morgan fingerprint density at radius 1 is 1.20 bits per heavy atom. The number of carboxylic acid groups (broad SMARTS) is 1. The van der Waals surface area contributed by atoms with Gasteiger partial charge in [0, 0.05) is 23.9 Å². The van der Waals surface area contributed by atoms with Crippen LogP contribution in [0, 0.1) is 0 Å². The molecule has 0 aliphatic heterocycles. The van der Waals surface area contributed by atoms with E-state index in [1.165, 1.54) is 5.56 Å². The Kier molecular flexibility index (Phi) is 7.82. The van der Waals surface area contributed by atoms with Gasteiger partial charge in [-0.25, -0.2) is 0 Å². The Morgan fingerprint density at radius 3 is 2.60 bits per heavy atom. The fraction of sp³-hybridized carbons (Fsp3) is 0.350. The molecule has 0 aromatic heterocycles. The van der Waals surface area contributed by atoms with Crippen molar-refractivity contribution in [1.29, 1.82) is 0 Å². The predicted octanol–water partition coefficient (Wildman–Crippen LogP) is 3.98. The quantitative estimate of drug-likeness (QED) is 0.628. The SMILES string of the molecule is COc1cc(CNC(CCC(=O)O)Cc2ccccc2)ccc1SC. The number of hydrogen-bond acceptors (Lipinski definition) is 4. The van der Waals surface area contributed by atoms with Crippen LogP contribution < -0.4 is 10.1 Å². The second-order valence-electron chi connectivity index (χ2n) is 5.89. The second kappa shape index (κ2) is 10.1. The van der Waals surface area contributed by atoms with Crippen molar-refractivity contribution in [2.24, 2.45) is 0 Å². The third-order valence-corrected chi connectivity index (χ3v) is 4.85. The molecule has 2 aromatic carbocycles. The fourth-order valence-corrected chi connectivity index (χ4v) is 3.27. The van der Waals surface area contributed by atoms with Crippen LogP contribution in [0.2, 0.25) is 0 Å². The summed E-state index contributed by atoms with van der Waals surface area (Å²) in [5, 5.41) is 12.5. The first-order chi connectivity index (χ1) is 12.1. The van der Waals surface area contributed by atoms with Gasteiger partial charge in [0.2, 0.25) is 0 Å². The first kappa shape index (κ1) is 19.3. The number of carbonyl (C=O) groups is 1. The maximum Gasteiger partial charge on any atom is 0.303 e. The zero-order valence-electron chi connectivity index (χ0n) is 14.7. The number of hydrogen-bond donors (Lipinski definition) is 2. The van der Waals surface area contributed by atoms with Crippen LogP contribution in [-0.4, -0.2) is 30.5 Å². The van der Waals surface area contributed by atoms with E-state index >= 15 is 0 Å². The Labute approximate surface area is 153 Å². The summed E-state index contributed by atoms with van der Waals surface area (Å²) in [7, 11) is 1.68. The molecule has 5 heteroatoms. The molecule has 25 heavy (non-hydrogen) atoms. The van der Waals surface area contributed by atoms with E-state index in [4.69, 9.17) is 9.84 Å². The molecule has 4 nitrogen and oxygen atoms in total. The molecule has 1 unspecified atom stereocenters. The molecule has 0 spiro atoms. The van der Waals surface area contributed by atoms with E-state index in [0.29, 0.717) is 13.0 Å². The molecule has 0 heterocycles. The average molecular weight is 359 g/mol. The van der Waals surface area contributed by atoms with Gasteiger partial charge in [0.05, 0.1) is 7.11 Å². The summed E-state index contributed by atoms with van der Waals surface area (Å²) in [5.74, 6) is 0.114. The monoisotopic (exact) mass is 359 g/mol. The summed E-state index contributed by atoms with van der Waals surface area (Å²) in [6.45, 7) is 0.683. The Balaban J connectivity index is 2.01. The van der Waals surface area contributed by atoms with Gasteiger partial charge in [-0.2, -0.15) is 0 Å². The minimum absolute atomic E-state index is 0.115. The summed E-state index contributed by atoms with van der Waals surface area (Å²) >= 11 is 1.66. The standard InChI is InChI=1S/C20H25NO3S/c1-24-18-13-16(8-10-19(18)25-2)14-21-17(9-11-20(22)23)12-15-6-4-3-5-7-15/h3-8,10,13,17,21H,9,11-12,14H2,1-2H3,(H,22,23). The summed E-state index contributed by atoms with van der Waals surface area (Å²) in [6, 6.07) is 16.5. The first-order valence-corrected chi connectivity index (χ1v) is 9.55. The molecule has 0 aliphatic rings. The fourth-order valence-electron chi connectivity index (χ4n) is 2.73. The number of methoxy groups -OCH3 is 1. The van der Waals surface area contributed by atoms with Crippen molar-refractivity contribution in [2.45, 2.75) is 36.7 Å². The normalized spacial score (nSPS) is 11.9. The smallest absolute Gasteiger partial charge is 0.303 e. The van der Waals surface area contributed by atoms with Crippen LogP contribution in [0.5, 0.6) is 5.75 Å².